The van der Waals surface area contributed by atoms with E-state index in [2.05, 4.69) is 53.8 Å². The lowest BCUT2D eigenvalue weighted by molar-refractivity contribution is 0.229. The predicted octanol–water partition coefficient (Wildman–Crippen LogP) is 2.82. The number of benzene rings is 2. The smallest absolute Gasteiger partial charge is 0.00631 e. The molecule has 0 aliphatic carbocycles. The van der Waals surface area contributed by atoms with Gasteiger partial charge in [0.05, 0.1) is 0 Å². The molecule has 0 amide bonds. The number of piperidine rings is 1. The van der Waals surface area contributed by atoms with E-state index < -0.39 is 0 Å². The van der Waals surface area contributed by atoms with Crippen LogP contribution in [0.15, 0.2) is 42.5 Å². The van der Waals surface area contributed by atoms with Crippen molar-refractivity contribution in [3.05, 3.63) is 54.4 Å². The quantitative estimate of drug-likeness (QED) is 0.911. The summed E-state index contributed by atoms with van der Waals surface area (Å²) >= 11 is 0. The van der Waals surface area contributed by atoms with Crippen LogP contribution in [0.4, 0.5) is 0 Å². The molecule has 0 aromatic heterocycles. The summed E-state index contributed by atoms with van der Waals surface area (Å²) < 4.78 is 0. The molecule has 2 aromatic carbocycles. The van der Waals surface area contributed by atoms with Crippen molar-refractivity contribution in [3.8, 4) is 0 Å². The first-order chi connectivity index (χ1) is 9.33. The van der Waals surface area contributed by atoms with Gasteiger partial charge in [0, 0.05) is 19.0 Å². The summed E-state index contributed by atoms with van der Waals surface area (Å²) in [5.74, 6) is 0. The van der Waals surface area contributed by atoms with Crippen molar-refractivity contribution in [2.24, 2.45) is 5.73 Å². The molecule has 2 N–H and O–H groups in total. The Morgan fingerprint density at radius 1 is 1.05 bits per heavy atom. The first-order valence-corrected chi connectivity index (χ1v) is 7.12. The van der Waals surface area contributed by atoms with Crippen molar-refractivity contribution >= 4 is 10.8 Å². The summed E-state index contributed by atoms with van der Waals surface area (Å²) in [5.41, 5.74) is 7.28. The van der Waals surface area contributed by atoms with Gasteiger partial charge >= 0.3 is 0 Å². The molecular formula is C17H21N2. The molecule has 1 heterocycles. The third-order valence-corrected chi connectivity index (χ3v) is 4.02. The van der Waals surface area contributed by atoms with Crippen molar-refractivity contribution in [1.29, 1.82) is 0 Å². The van der Waals surface area contributed by atoms with Gasteiger partial charge < -0.3 is 10.6 Å². The molecule has 99 valence electrons. The SMILES string of the molecule is NC1CCN(C[CH]c2cccc3ccccc23)CC1. The van der Waals surface area contributed by atoms with E-state index in [-0.39, 0.29) is 0 Å². The second-order valence-corrected chi connectivity index (χ2v) is 5.41. The first kappa shape index (κ1) is 12.6. The van der Waals surface area contributed by atoms with Crippen LogP contribution in [-0.4, -0.2) is 30.6 Å². The summed E-state index contributed by atoms with van der Waals surface area (Å²) in [6.45, 7) is 3.28. The Labute approximate surface area is 115 Å². The van der Waals surface area contributed by atoms with Crippen LogP contribution >= 0.6 is 0 Å². The topological polar surface area (TPSA) is 29.3 Å². The molecule has 0 saturated carbocycles. The van der Waals surface area contributed by atoms with E-state index >= 15 is 0 Å². The Kier molecular flexibility index (Phi) is 3.81. The zero-order valence-corrected chi connectivity index (χ0v) is 11.3. The van der Waals surface area contributed by atoms with Crippen molar-refractivity contribution < 1.29 is 0 Å². The molecule has 0 unspecified atom stereocenters. The maximum absolute atomic E-state index is 5.94. The van der Waals surface area contributed by atoms with Gasteiger partial charge in [-0.1, -0.05) is 42.5 Å². The van der Waals surface area contributed by atoms with Gasteiger partial charge in [0.2, 0.25) is 0 Å². The summed E-state index contributed by atoms with van der Waals surface area (Å²) in [6.07, 6.45) is 4.60. The van der Waals surface area contributed by atoms with Gasteiger partial charge in [0.15, 0.2) is 0 Å². The fraction of sp³-hybridized carbons (Fsp3) is 0.353. The monoisotopic (exact) mass is 253 g/mol. The first-order valence-electron chi connectivity index (χ1n) is 7.12. The molecule has 2 aromatic rings. The highest BCUT2D eigenvalue weighted by atomic mass is 15.1. The normalized spacial score (nSPS) is 17.9. The molecule has 0 bridgehead atoms. The number of nitrogens with two attached hydrogens (primary N) is 1. The predicted molar refractivity (Wildman–Crippen MR) is 81.0 cm³/mol. The minimum Gasteiger partial charge on any atom is -0.328 e. The number of nitrogens with zero attached hydrogens (tertiary/aromatic N) is 1. The Morgan fingerprint density at radius 2 is 1.79 bits per heavy atom. The zero-order chi connectivity index (χ0) is 13.1. The van der Waals surface area contributed by atoms with Crippen LogP contribution in [0, 0.1) is 6.42 Å². The van der Waals surface area contributed by atoms with Crippen LogP contribution in [-0.2, 0) is 0 Å². The van der Waals surface area contributed by atoms with Gasteiger partial charge in [0.1, 0.15) is 0 Å². The fourth-order valence-electron chi connectivity index (χ4n) is 2.79. The van der Waals surface area contributed by atoms with E-state index in [1.807, 2.05) is 0 Å². The highest BCUT2D eigenvalue weighted by Crippen LogP contribution is 2.20. The molecule has 2 nitrogen and oxygen atoms in total. The lowest BCUT2D eigenvalue weighted by Crippen LogP contribution is -2.40. The summed E-state index contributed by atoms with van der Waals surface area (Å²) in [5, 5.41) is 2.66. The largest absolute Gasteiger partial charge is 0.328 e. The van der Waals surface area contributed by atoms with Crippen LogP contribution < -0.4 is 5.73 Å². The number of likely N-dealkylation sites (tertiary alicyclic amines) is 1. The number of fused-ring (bicyclic) bond motifs is 1. The molecule has 1 aliphatic rings. The highest BCUT2D eigenvalue weighted by Gasteiger charge is 2.15. The minimum absolute atomic E-state index is 0.411. The van der Waals surface area contributed by atoms with Gasteiger partial charge in [0.25, 0.3) is 0 Å². The van der Waals surface area contributed by atoms with E-state index in [1.165, 1.54) is 16.3 Å². The van der Waals surface area contributed by atoms with Crippen LogP contribution in [0.2, 0.25) is 0 Å². The third kappa shape index (κ3) is 2.96. The summed E-state index contributed by atoms with van der Waals surface area (Å²) in [4.78, 5) is 2.49. The Morgan fingerprint density at radius 3 is 2.63 bits per heavy atom. The van der Waals surface area contributed by atoms with Crippen LogP contribution in [0.25, 0.3) is 10.8 Å². The Bertz CT molecular complexity index is 536. The molecular weight excluding hydrogens is 232 g/mol. The van der Waals surface area contributed by atoms with Crippen LogP contribution in [0.1, 0.15) is 18.4 Å². The zero-order valence-electron chi connectivity index (χ0n) is 11.3. The second kappa shape index (κ2) is 5.72. The lowest BCUT2D eigenvalue weighted by Gasteiger charge is -2.30. The van der Waals surface area contributed by atoms with E-state index in [9.17, 15) is 0 Å². The van der Waals surface area contributed by atoms with Gasteiger partial charge in [-0.15, -0.1) is 0 Å². The molecule has 1 fully saturated rings. The highest BCUT2D eigenvalue weighted by molar-refractivity contribution is 5.86. The summed E-state index contributed by atoms with van der Waals surface area (Å²) in [7, 11) is 0. The fourth-order valence-corrected chi connectivity index (χ4v) is 2.79. The number of hydrogen-bond donors (Lipinski definition) is 1. The van der Waals surface area contributed by atoms with E-state index in [4.69, 9.17) is 5.73 Å². The van der Waals surface area contributed by atoms with Crippen LogP contribution in [0.3, 0.4) is 0 Å². The third-order valence-electron chi connectivity index (χ3n) is 4.02. The standard InChI is InChI=1S/C17H21N2/c18-16-9-12-19(13-10-16)11-8-15-6-3-5-14-4-1-2-7-17(14)15/h1-8,16H,9-13,18H2. The van der Waals surface area contributed by atoms with Gasteiger partial charge in [-0.25, -0.2) is 0 Å². The maximum Gasteiger partial charge on any atom is 0.00631 e. The summed E-state index contributed by atoms with van der Waals surface area (Å²) in [6, 6.07) is 15.5. The molecule has 3 rings (SSSR count). The molecule has 1 saturated heterocycles. The molecule has 1 radical (unpaired) electrons. The van der Waals surface area contributed by atoms with Crippen molar-refractivity contribution in [1.82, 2.24) is 4.90 Å². The lowest BCUT2D eigenvalue weighted by atomic mass is 10.0. The van der Waals surface area contributed by atoms with Crippen molar-refractivity contribution in [2.75, 3.05) is 19.6 Å². The molecule has 19 heavy (non-hydrogen) atoms. The van der Waals surface area contributed by atoms with E-state index in [1.54, 1.807) is 0 Å². The minimum atomic E-state index is 0.411. The van der Waals surface area contributed by atoms with Crippen molar-refractivity contribution in [3.63, 3.8) is 0 Å². The van der Waals surface area contributed by atoms with Crippen molar-refractivity contribution in [2.45, 2.75) is 18.9 Å². The number of hydrogen-bond acceptors (Lipinski definition) is 2. The molecule has 1 aliphatic heterocycles. The molecule has 0 spiro atoms. The average Bonchev–Trinajstić information content (AvgIpc) is 2.47. The molecule has 0 atom stereocenters. The average molecular weight is 253 g/mol. The van der Waals surface area contributed by atoms with E-state index in [0.717, 1.165) is 32.5 Å². The van der Waals surface area contributed by atoms with E-state index in [0.29, 0.717) is 6.04 Å². The Hall–Kier alpha value is -1.38. The number of rotatable bonds is 3. The maximum atomic E-state index is 5.94. The van der Waals surface area contributed by atoms with Gasteiger partial charge in [-0.2, -0.15) is 0 Å². The van der Waals surface area contributed by atoms with Gasteiger partial charge in [-0.3, -0.25) is 0 Å². The molecule has 2 heteroatoms. The second-order valence-electron chi connectivity index (χ2n) is 5.41. The Balaban J connectivity index is 1.68. The van der Waals surface area contributed by atoms with Gasteiger partial charge in [-0.05, 0) is 42.3 Å². The van der Waals surface area contributed by atoms with Crippen LogP contribution in [0.5, 0.6) is 0 Å².